The zero-order chi connectivity index (χ0) is 12.0. The first kappa shape index (κ1) is 12.8. The summed E-state index contributed by atoms with van der Waals surface area (Å²) in [7, 11) is 1.61. The molecule has 0 aliphatic heterocycles. The number of benzene rings is 1. The van der Waals surface area contributed by atoms with Crippen molar-refractivity contribution >= 4 is 0 Å². The lowest BCUT2D eigenvalue weighted by atomic mass is 10.3. The molecule has 0 saturated heterocycles. The van der Waals surface area contributed by atoms with Crippen LogP contribution in [0.5, 0.6) is 11.5 Å². The molecular weight excluding hydrogens is 206 g/mol. The Labute approximate surface area is 96.2 Å². The first-order chi connectivity index (χ1) is 7.61. The predicted octanol–water partition coefficient (Wildman–Crippen LogP) is 1.39. The van der Waals surface area contributed by atoms with Gasteiger partial charge < -0.3 is 19.9 Å². The van der Waals surface area contributed by atoms with Crippen LogP contribution in [0, 0.1) is 0 Å². The minimum atomic E-state index is -0.837. The second kappa shape index (κ2) is 6.35. The van der Waals surface area contributed by atoms with Crippen molar-refractivity contribution in [3.8, 4) is 11.5 Å². The van der Waals surface area contributed by atoms with E-state index in [0.29, 0.717) is 18.3 Å². The van der Waals surface area contributed by atoms with Gasteiger partial charge in [-0.05, 0) is 24.3 Å². The molecule has 1 aromatic rings. The third-order valence-corrected chi connectivity index (χ3v) is 2.03. The molecule has 0 aliphatic carbocycles. The van der Waals surface area contributed by atoms with Crippen molar-refractivity contribution in [1.29, 1.82) is 0 Å². The average molecular weight is 225 g/mol. The molecular formula is C12H19NO3. The summed E-state index contributed by atoms with van der Waals surface area (Å²) in [5, 5.41) is 12.7. The molecule has 0 fully saturated rings. The zero-order valence-electron chi connectivity index (χ0n) is 9.93. The molecule has 2 N–H and O–H groups in total. The normalized spacial score (nSPS) is 12.6. The van der Waals surface area contributed by atoms with Crippen molar-refractivity contribution in [1.82, 2.24) is 5.32 Å². The molecule has 16 heavy (non-hydrogen) atoms. The van der Waals surface area contributed by atoms with E-state index < -0.39 is 6.29 Å². The molecule has 1 aromatic carbocycles. The van der Waals surface area contributed by atoms with Crippen molar-refractivity contribution in [2.75, 3.05) is 13.7 Å². The number of hydrogen-bond donors (Lipinski definition) is 2. The zero-order valence-corrected chi connectivity index (χ0v) is 9.93. The number of hydrogen-bond acceptors (Lipinski definition) is 4. The molecule has 0 aromatic heterocycles. The van der Waals surface area contributed by atoms with E-state index in [9.17, 15) is 5.11 Å². The number of rotatable bonds is 6. The van der Waals surface area contributed by atoms with Gasteiger partial charge in [0.05, 0.1) is 13.7 Å². The Balaban J connectivity index is 2.40. The van der Waals surface area contributed by atoms with Gasteiger partial charge in [0.25, 0.3) is 0 Å². The van der Waals surface area contributed by atoms with Gasteiger partial charge in [-0.1, -0.05) is 13.8 Å². The molecule has 1 atom stereocenters. The Hall–Kier alpha value is -1.26. The van der Waals surface area contributed by atoms with E-state index >= 15 is 0 Å². The Morgan fingerprint density at radius 3 is 2.25 bits per heavy atom. The standard InChI is InChI=1S/C12H19NO3/c1-9(2)13-8-12(14)16-11-6-4-10(15-3)5-7-11/h4-7,9,12-14H,8H2,1-3H3/t12-/m0/s1. The van der Waals surface area contributed by atoms with Crippen LogP contribution in [-0.4, -0.2) is 31.1 Å². The number of nitrogens with one attached hydrogen (secondary N) is 1. The number of methoxy groups -OCH3 is 1. The number of aliphatic hydroxyl groups excluding tert-OH is 1. The SMILES string of the molecule is COc1ccc(O[C@H](O)CNC(C)C)cc1. The molecule has 4 heteroatoms. The van der Waals surface area contributed by atoms with E-state index in [4.69, 9.17) is 9.47 Å². The fourth-order valence-corrected chi connectivity index (χ4v) is 1.19. The van der Waals surface area contributed by atoms with Crippen LogP contribution >= 0.6 is 0 Å². The molecule has 0 aliphatic rings. The van der Waals surface area contributed by atoms with Crippen LogP contribution < -0.4 is 14.8 Å². The van der Waals surface area contributed by atoms with Crippen LogP contribution in [0.1, 0.15) is 13.8 Å². The Morgan fingerprint density at radius 1 is 1.19 bits per heavy atom. The largest absolute Gasteiger partial charge is 0.497 e. The fourth-order valence-electron chi connectivity index (χ4n) is 1.19. The maximum absolute atomic E-state index is 9.56. The van der Waals surface area contributed by atoms with Crippen LogP contribution in [0.2, 0.25) is 0 Å². The lowest BCUT2D eigenvalue weighted by Gasteiger charge is -2.16. The van der Waals surface area contributed by atoms with Crippen molar-refractivity contribution < 1.29 is 14.6 Å². The summed E-state index contributed by atoms with van der Waals surface area (Å²) >= 11 is 0. The van der Waals surface area contributed by atoms with Gasteiger partial charge in [0.15, 0.2) is 0 Å². The molecule has 0 saturated carbocycles. The molecule has 0 amide bonds. The first-order valence-corrected chi connectivity index (χ1v) is 5.34. The monoisotopic (exact) mass is 225 g/mol. The van der Waals surface area contributed by atoms with E-state index in [2.05, 4.69) is 5.32 Å². The second-order valence-corrected chi connectivity index (χ2v) is 3.81. The van der Waals surface area contributed by atoms with Crippen LogP contribution in [0.3, 0.4) is 0 Å². The van der Waals surface area contributed by atoms with Gasteiger partial charge in [0, 0.05) is 6.04 Å². The summed E-state index contributed by atoms with van der Waals surface area (Å²) in [6.45, 7) is 4.43. The van der Waals surface area contributed by atoms with Gasteiger partial charge >= 0.3 is 0 Å². The van der Waals surface area contributed by atoms with Gasteiger partial charge in [0.1, 0.15) is 11.5 Å². The van der Waals surface area contributed by atoms with Crippen LogP contribution in [0.15, 0.2) is 24.3 Å². The molecule has 0 radical (unpaired) electrons. The molecule has 1 rings (SSSR count). The summed E-state index contributed by atoms with van der Waals surface area (Å²) in [5.74, 6) is 1.39. The maximum atomic E-state index is 9.56. The number of aliphatic hydroxyl groups is 1. The van der Waals surface area contributed by atoms with Gasteiger partial charge in [0.2, 0.25) is 6.29 Å². The molecule has 0 bridgehead atoms. The highest BCUT2D eigenvalue weighted by Gasteiger charge is 2.06. The smallest absolute Gasteiger partial charge is 0.210 e. The summed E-state index contributed by atoms with van der Waals surface area (Å²) in [4.78, 5) is 0. The topological polar surface area (TPSA) is 50.7 Å². The molecule has 0 unspecified atom stereocenters. The number of ether oxygens (including phenoxy) is 2. The lowest BCUT2D eigenvalue weighted by molar-refractivity contribution is -0.0164. The van der Waals surface area contributed by atoms with Gasteiger partial charge in [-0.2, -0.15) is 0 Å². The third kappa shape index (κ3) is 4.51. The maximum Gasteiger partial charge on any atom is 0.210 e. The van der Waals surface area contributed by atoms with Gasteiger partial charge in [-0.25, -0.2) is 0 Å². The van der Waals surface area contributed by atoms with Crippen LogP contribution in [0.4, 0.5) is 0 Å². The van der Waals surface area contributed by atoms with E-state index in [-0.39, 0.29) is 0 Å². The summed E-state index contributed by atoms with van der Waals surface area (Å²) in [6.07, 6.45) is -0.837. The molecule has 0 spiro atoms. The van der Waals surface area contributed by atoms with Crippen molar-refractivity contribution in [2.45, 2.75) is 26.2 Å². The van der Waals surface area contributed by atoms with Crippen LogP contribution in [-0.2, 0) is 0 Å². The lowest BCUT2D eigenvalue weighted by Crippen LogP contribution is -2.35. The van der Waals surface area contributed by atoms with Gasteiger partial charge in [-0.3, -0.25) is 0 Å². The van der Waals surface area contributed by atoms with Gasteiger partial charge in [-0.15, -0.1) is 0 Å². The van der Waals surface area contributed by atoms with E-state index in [0.717, 1.165) is 5.75 Å². The first-order valence-electron chi connectivity index (χ1n) is 5.34. The molecule has 4 nitrogen and oxygen atoms in total. The highest BCUT2D eigenvalue weighted by atomic mass is 16.6. The second-order valence-electron chi connectivity index (χ2n) is 3.81. The van der Waals surface area contributed by atoms with Crippen molar-refractivity contribution in [3.63, 3.8) is 0 Å². The highest BCUT2D eigenvalue weighted by molar-refractivity contribution is 5.31. The van der Waals surface area contributed by atoms with Crippen LogP contribution in [0.25, 0.3) is 0 Å². The van der Waals surface area contributed by atoms with E-state index in [1.54, 1.807) is 31.4 Å². The fraction of sp³-hybridized carbons (Fsp3) is 0.500. The predicted molar refractivity (Wildman–Crippen MR) is 62.8 cm³/mol. The quantitative estimate of drug-likeness (QED) is 0.718. The summed E-state index contributed by atoms with van der Waals surface area (Å²) in [5.41, 5.74) is 0. The highest BCUT2D eigenvalue weighted by Crippen LogP contribution is 2.17. The van der Waals surface area contributed by atoms with E-state index in [1.807, 2.05) is 13.8 Å². The Morgan fingerprint density at radius 2 is 1.75 bits per heavy atom. The molecule has 0 heterocycles. The average Bonchev–Trinajstić information content (AvgIpc) is 2.27. The minimum absolute atomic E-state index is 0.328. The minimum Gasteiger partial charge on any atom is -0.497 e. The third-order valence-electron chi connectivity index (χ3n) is 2.03. The van der Waals surface area contributed by atoms with Crippen molar-refractivity contribution in [3.05, 3.63) is 24.3 Å². The van der Waals surface area contributed by atoms with E-state index in [1.165, 1.54) is 0 Å². The summed E-state index contributed by atoms with van der Waals surface area (Å²) < 4.78 is 10.3. The summed E-state index contributed by atoms with van der Waals surface area (Å²) in [6, 6.07) is 7.43. The Bertz CT molecular complexity index is 298. The van der Waals surface area contributed by atoms with Crippen molar-refractivity contribution in [2.24, 2.45) is 0 Å². The molecule has 90 valence electrons. The Kier molecular flexibility index (Phi) is 5.08.